The molecule has 12 heteroatoms. The fourth-order valence-corrected chi connectivity index (χ4v) is 5.25. The monoisotopic (exact) mass is 488 g/mol. The van der Waals surface area contributed by atoms with Crippen LogP contribution < -0.4 is 5.32 Å². The van der Waals surface area contributed by atoms with Crippen molar-refractivity contribution in [2.75, 3.05) is 19.9 Å². The molecule has 0 saturated heterocycles. The summed E-state index contributed by atoms with van der Waals surface area (Å²) in [7, 11) is 0. The van der Waals surface area contributed by atoms with Crippen molar-refractivity contribution in [2.45, 2.75) is 22.9 Å². The molecule has 1 saturated carbocycles. The number of nitrogens with zero attached hydrogens (tertiary/aromatic N) is 1. The Morgan fingerprint density at radius 3 is 2.79 bits per heavy atom. The first-order chi connectivity index (χ1) is 13.0. The van der Waals surface area contributed by atoms with Gasteiger partial charge in [0, 0.05) is 16.0 Å². The first-order valence-corrected chi connectivity index (χ1v) is 9.57. The van der Waals surface area contributed by atoms with Crippen LogP contribution in [0.2, 0.25) is 0 Å². The lowest BCUT2D eigenvalue weighted by atomic mass is 9.85. The van der Waals surface area contributed by atoms with E-state index in [-0.39, 0.29) is 17.2 Å². The fraction of sp³-hybridized carbons (Fsp3) is 0.500. The van der Waals surface area contributed by atoms with Gasteiger partial charge in [-0.3, -0.25) is 5.32 Å². The van der Waals surface area contributed by atoms with E-state index in [2.05, 4.69) is 20.9 Å². The molecule has 1 aromatic carbocycles. The molecule has 1 aliphatic heterocycles. The van der Waals surface area contributed by atoms with Gasteiger partial charge in [-0.25, -0.2) is 18.6 Å². The Hall–Kier alpha value is -1.40. The van der Waals surface area contributed by atoms with Gasteiger partial charge in [0.1, 0.15) is 24.6 Å². The van der Waals surface area contributed by atoms with Crippen LogP contribution in [0.25, 0.3) is 0 Å². The van der Waals surface area contributed by atoms with Crippen molar-refractivity contribution in [2.24, 2.45) is 10.9 Å². The van der Waals surface area contributed by atoms with E-state index in [9.17, 15) is 26.7 Å². The predicted octanol–water partition coefficient (Wildman–Crippen LogP) is 4.46. The second kappa shape index (κ2) is 7.45. The van der Waals surface area contributed by atoms with Crippen molar-refractivity contribution >= 4 is 39.0 Å². The highest BCUT2D eigenvalue weighted by Gasteiger charge is 2.69. The first kappa shape index (κ1) is 21.3. The second-order valence-corrected chi connectivity index (χ2v) is 8.88. The maximum absolute atomic E-state index is 14.5. The maximum atomic E-state index is 14.5. The third kappa shape index (κ3) is 4.13. The molecule has 0 bridgehead atoms. The number of hydrogen-bond donors (Lipinski definition) is 2. The Morgan fingerprint density at radius 1 is 1.46 bits per heavy atom. The second-order valence-electron chi connectivity index (χ2n) is 6.56. The normalized spacial score (nSPS) is 29.1. The lowest BCUT2D eigenvalue weighted by molar-refractivity contribution is -0.174. The summed E-state index contributed by atoms with van der Waals surface area (Å²) in [5.74, 6) is -1.41. The lowest BCUT2D eigenvalue weighted by Gasteiger charge is -2.35. The Balaban J connectivity index is 1.99. The van der Waals surface area contributed by atoms with Gasteiger partial charge >= 0.3 is 12.3 Å². The number of alkyl halides is 4. The van der Waals surface area contributed by atoms with Gasteiger partial charge < -0.3 is 9.84 Å². The third-order valence-corrected chi connectivity index (χ3v) is 6.48. The SMILES string of the molecule is O=C(O)NC1=N[C@](CF)(c2cc(Br)ccc2F)[C@@H]2C[C@]2(COCC(F)(F)F)S1. The number of thioether (sulfide) groups is 1. The Morgan fingerprint density at radius 2 is 2.18 bits per heavy atom. The minimum Gasteiger partial charge on any atom is -0.465 e. The van der Waals surface area contributed by atoms with Crippen molar-refractivity contribution < 1.29 is 36.6 Å². The summed E-state index contributed by atoms with van der Waals surface area (Å²) in [6.07, 6.45) is -5.82. The van der Waals surface area contributed by atoms with Crippen LogP contribution in [0.4, 0.5) is 26.7 Å². The number of carboxylic acid groups (broad SMARTS) is 1. The summed E-state index contributed by atoms with van der Waals surface area (Å²) >= 11 is 4.05. The molecule has 1 aromatic rings. The molecule has 1 fully saturated rings. The highest BCUT2D eigenvalue weighted by Crippen LogP contribution is 2.66. The predicted molar refractivity (Wildman–Crippen MR) is 95.7 cm³/mol. The number of amides is 1. The highest BCUT2D eigenvalue weighted by atomic mass is 79.9. The summed E-state index contributed by atoms with van der Waals surface area (Å²) in [4.78, 5) is 15.2. The van der Waals surface area contributed by atoms with E-state index in [4.69, 9.17) is 9.84 Å². The van der Waals surface area contributed by atoms with Crippen LogP contribution in [0.3, 0.4) is 0 Å². The lowest BCUT2D eigenvalue weighted by Crippen LogP contribution is -2.44. The molecular weight excluding hydrogens is 475 g/mol. The van der Waals surface area contributed by atoms with E-state index in [1.165, 1.54) is 12.1 Å². The zero-order valence-corrected chi connectivity index (χ0v) is 16.4. The van der Waals surface area contributed by atoms with E-state index in [1.54, 1.807) is 0 Å². The topological polar surface area (TPSA) is 70.9 Å². The van der Waals surface area contributed by atoms with Gasteiger partial charge in [-0.1, -0.05) is 27.7 Å². The van der Waals surface area contributed by atoms with E-state index in [1.807, 2.05) is 5.32 Å². The summed E-state index contributed by atoms with van der Waals surface area (Å²) < 4.78 is 70.3. The number of ether oxygens (including phenoxy) is 1. The molecule has 1 heterocycles. The molecule has 0 radical (unpaired) electrons. The number of halogens is 6. The molecule has 28 heavy (non-hydrogen) atoms. The number of aliphatic imine (C=N–C) groups is 1. The van der Waals surface area contributed by atoms with E-state index >= 15 is 0 Å². The number of hydrogen-bond acceptors (Lipinski definition) is 4. The average Bonchev–Trinajstić information content (AvgIpc) is 3.29. The molecule has 0 aromatic heterocycles. The summed E-state index contributed by atoms with van der Waals surface area (Å²) in [6, 6.07) is 3.87. The maximum Gasteiger partial charge on any atom is 0.411 e. The molecule has 2 N–H and O–H groups in total. The van der Waals surface area contributed by atoms with Gasteiger partial charge in [0.05, 0.1) is 11.4 Å². The van der Waals surface area contributed by atoms with Gasteiger partial charge in [-0.05, 0) is 24.6 Å². The van der Waals surface area contributed by atoms with E-state index < -0.39 is 54.2 Å². The van der Waals surface area contributed by atoms with Crippen LogP contribution in [0, 0.1) is 11.7 Å². The molecule has 1 amide bonds. The molecule has 154 valence electrons. The third-order valence-electron chi connectivity index (χ3n) is 4.63. The van der Waals surface area contributed by atoms with Crippen LogP contribution in [-0.2, 0) is 10.3 Å². The number of fused-ring (bicyclic) bond motifs is 1. The van der Waals surface area contributed by atoms with Crippen molar-refractivity contribution in [1.29, 1.82) is 0 Å². The van der Waals surface area contributed by atoms with Gasteiger partial charge in [-0.15, -0.1) is 0 Å². The van der Waals surface area contributed by atoms with E-state index in [0.717, 1.165) is 17.8 Å². The Kier molecular flexibility index (Phi) is 5.67. The summed E-state index contributed by atoms with van der Waals surface area (Å²) in [6.45, 7) is -3.05. The zero-order chi connectivity index (χ0) is 20.7. The van der Waals surface area contributed by atoms with Gasteiger partial charge in [0.15, 0.2) is 5.17 Å². The average molecular weight is 489 g/mol. The number of rotatable bonds is 5. The van der Waals surface area contributed by atoms with Crippen molar-refractivity contribution in [3.05, 3.63) is 34.1 Å². The number of amidine groups is 1. The van der Waals surface area contributed by atoms with Gasteiger partial charge in [0.25, 0.3) is 0 Å². The molecule has 3 atom stereocenters. The van der Waals surface area contributed by atoms with Crippen LogP contribution in [0.1, 0.15) is 12.0 Å². The van der Waals surface area contributed by atoms with Crippen molar-refractivity contribution in [1.82, 2.24) is 5.32 Å². The summed E-state index contributed by atoms with van der Waals surface area (Å²) in [5.41, 5.74) is -1.87. The van der Waals surface area contributed by atoms with Crippen LogP contribution in [0.5, 0.6) is 0 Å². The molecule has 1 aliphatic carbocycles. The largest absolute Gasteiger partial charge is 0.465 e. The minimum atomic E-state index is -4.54. The molecule has 0 unspecified atom stereocenters. The molecule has 5 nitrogen and oxygen atoms in total. The molecule has 2 aliphatic rings. The quantitative estimate of drug-likeness (QED) is 0.600. The van der Waals surface area contributed by atoms with E-state index in [0.29, 0.717) is 4.47 Å². The Labute approximate surface area is 168 Å². The zero-order valence-electron chi connectivity index (χ0n) is 14.0. The summed E-state index contributed by atoms with van der Waals surface area (Å²) in [5, 5.41) is 10.8. The minimum absolute atomic E-state index is 0.0999. The van der Waals surface area contributed by atoms with Gasteiger partial charge in [0.2, 0.25) is 0 Å². The smallest absolute Gasteiger partial charge is 0.411 e. The standard InChI is InChI=1S/C16H14BrF5N2O3S/c17-8-1-2-10(19)9(3-8)15(5-18)11-4-14(11,6-27-7-16(20,21)22)28-12(24-15)23-13(25)26/h1-3,11H,4-7H2,(H,23,24)(H,25,26)/t11-,14-,15-/m1/s1. The molecule has 0 spiro atoms. The van der Waals surface area contributed by atoms with Gasteiger partial charge in [-0.2, -0.15) is 13.2 Å². The highest BCUT2D eigenvalue weighted by molar-refractivity contribution is 9.10. The molecule has 3 rings (SSSR count). The molecular formula is C16H14BrF5N2O3S. The van der Waals surface area contributed by atoms with Crippen LogP contribution >= 0.6 is 27.7 Å². The fourth-order valence-electron chi connectivity index (χ4n) is 3.42. The number of carbonyl (C=O) groups is 1. The van der Waals surface area contributed by atoms with Crippen molar-refractivity contribution in [3.8, 4) is 0 Å². The number of nitrogens with one attached hydrogen (secondary N) is 1. The number of benzene rings is 1. The van der Waals surface area contributed by atoms with Crippen LogP contribution in [-0.4, -0.2) is 47.2 Å². The first-order valence-electron chi connectivity index (χ1n) is 7.96. The van der Waals surface area contributed by atoms with Crippen molar-refractivity contribution in [3.63, 3.8) is 0 Å². The van der Waals surface area contributed by atoms with Crippen LogP contribution in [0.15, 0.2) is 27.7 Å². The Bertz CT molecular complexity index is 824.